The predicted molar refractivity (Wildman–Crippen MR) is 175 cm³/mol. The van der Waals surface area contributed by atoms with Crippen molar-refractivity contribution in [3.63, 3.8) is 0 Å². The largest absolute Gasteiger partial charge is 0.508 e. The molecule has 4 aromatic rings. The molecule has 2 aromatic carbocycles. The topological polar surface area (TPSA) is 121 Å². The van der Waals surface area contributed by atoms with Gasteiger partial charge in [0.2, 0.25) is 0 Å². The van der Waals surface area contributed by atoms with Gasteiger partial charge in [-0.05, 0) is 83.0 Å². The molecule has 0 aliphatic carbocycles. The van der Waals surface area contributed by atoms with Crippen LogP contribution >= 0.6 is 0 Å². The minimum atomic E-state index is -1.14. The minimum Gasteiger partial charge on any atom is -0.508 e. The van der Waals surface area contributed by atoms with Crippen LogP contribution in [0.1, 0.15) is 46.5 Å². The van der Waals surface area contributed by atoms with Gasteiger partial charge in [0.25, 0.3) is 0 Å². The third-order valence-corrected chi connectivity index (χ3v) is 9.58. The van der Waals surface area contributed by atoms with Crippen LogP contribution in [0, 0.1) is 5.82 Å². The summed E-state index contributed by atoms with van der Waals surface area (Å²) in [6, 6.07) is 10.4. The lowest BCUT2D eigenvalue weighted by Gasteiger charge is -2.46. The number of amides is 1. The summed E-state index contributed by atoms with van der Waals surface area (Å²) in [5, 5.41) is 12.3. The van der Waals surface area contributed by atoms with Crippen LogP contribution < -0.4 is 9.64 Å². The molecule has 7 rings (SSSR count). The van der Waals surface area contributed by atoms with Crippen molar-refractivity contribution in [2.75, 3.05) is 38.2 Å². The maximum Gasteiger partial charge on any atom is 0.411 e. The summed E-state index contributed by atoms with van der Waals surface area (Å²) in [6.45, 7) is 7.19. The lowest BCUT2D eigenvalue weighted by Crippen LogP contribution is -2.65. The van der Waals surface area contributed by atoms with Gasteiger partial charge >= 0.3 is 12.1 Å². The quantitative estimate of drug-likeness (QED) is 0.277. The summed E-state index contributed by atoms with van der Waals surface area (Å²) in [5.74, 6) is -0.304. The molecule has 3 saturated heterocycles. The van der Waals surface area contributed by atoms with Crippen LogP contribution in [-0.2, 0) is 9.53 Å². The first kappa shape index (κ1) is 31.0. The monoisotopic (exact) mass is 642 g/mol. The van der Waals surface area contributed by atoms with Crippen molar-refractivity contribution in [1.29, 1.82) is 0 Å². The van der Waals surface area contributed by atoms with Crippen molar-refractivity contribution in [2.45, 2.75) is 69.7 Å². The SMILES string of the molecule is CN1CCC[C@H]1COc1nc(N2CC3CCC(C=O)(C2)N3C(=O)OC(C)(C)C)c2cnc(-c3cc(O)cc4ccccc34)c(F)c2n1. The molecule has 2 aromatic heterocycles. The van der Waals surface area contributed by atoms with Gasteiger partial charge in [-0.2, -0.15) is 9.97 Å². The van der Waals surface area contributed by atoms with E-state index in [2.05, 4.69) is 14.9 Å². The zero-order chi connectivity index (χ0) is 33.1. The number of phenols is 1. The first-order valence-corrected chi connectivity index (χ1v) is 16.1. The molecule has 3 atom stereocenters. The van der Waals surface area contributed by atoms with E-state index in [0.29, 0.717) is 42.8 Å². The van der Waals surface area contributed by atoms with Gasteiger partial charge in [-0.3, -0.25) is 9.88 Å². The Morgan fingerprint density at radius 1 is 1.17 bits per heavy atom. The zero-order valence-corrected chi connectivity index (χ0v) is 27.1. The molecule has 2 bridgehead atoms. The zero-order valence-electron chi connectivity index (χ0n) is 27.1. The van der Waals surface area contributed by atoms with Gasteiger partial charge in [0.15, 0.2) is 5.82 Å². The lowest BCUT2D eigenvalue weighted by atomic mass is 9.97. The highest BCUT2D eigenvalue weighted by molar-refractivity contribution is 6.00. The number of aldehydes is 1. The van der Waals surface area contributed by atoms with Crippen LogP contribution in [0.25, 0.3) is 32.9 Å². The Hall–Kier alpha value is -4.58. The number of phenolic OH excluding ortho intramolecular Hbond substituents is 1. The molecule has 47 heavy (non-hydrogen) atoms. The number of halogens is 1. The molecule has 0 saturated carbocycles. The highest BCUT2D eigenvalue weighted by Crippen LogP contribution is 2.43. The average molecular weight is 643 g/mol. The fourth-order valence-corrected chi connectivity index (χ4v) is 7.33. The lowest BCUT2D eigenvalue weighted by molar-refractivity contribution is -0.118. The molecule has 12 heteroatoms. The van der Waals surface area contributed by atoms with Crippen molar-refractivity contribution >= 4 is 39.9 Å². The second kappa shape index (κ2) is 11.6. The van der Waals surface area contributed by atoms with E-state index in [9.17, 15) is 14.7 Å². The first-order chi connectivity index (χ1) is 22.5. The standard InChI is InChI=1S/C35H39FN6O5/c1-34(2,3)47-33(45)42-22-11-12-35(42,20-43)19-41(17-22)31-27-16-37-29(26-15-24(44)14-21-8-5-6-10-25(21)26)28(36)30(27)38-32(39-31)46-18-23-9-7-13-40(23)4/h5-6,8,10,14-16,20,22-23,44H,7,9,11-13,17-19H2,1-4H3/t22?,23-,35?/m0/s1. The molecule has 0 spiro atoms. The number of likely N-dealkylation sites (tertiary alicyclic amines) is 1. The van der Waals surface area contributed by atoms with E-state index in [1.165, 1.54) is 12.3 Å². The summed E-state index contributed by atoms with van der Waals surface area (Å²) in [7, 11) is 2.05. The number of pyridine rings is 1. The Balaban J connectivity index is 1.33. The molecule has 0 radical (unpaired) electrons. The van der Waals surface area contributed by atoms with Gasteiger partial charge in [0, 0.05) is 30.9 Å². The molecule has 2 unspecified atom stereocenters. The number of carbonyl (C=O) groups excluding carboxylic acids is 2. The van der Waals surface area contributed by atoms with Crippen LogP contribution in [0.3, 0.4) is 0 Å². The Morgan fingerprint density at radius 2 is 1.98 bits per heavy atom. The maximum atomic E-state index is 16.7. The molecular formula is C35H39FN6O5. The van der Waals surface area contributed by atoms with Gasteiger partial charge in [0.05, 0.1) is 11.4 Å². The number of hydrogen-bond donors (Lipinski definition) is 1. The number of piperazine rings is 1. The van der Waals surface area contributed by atoms with Crippen molar-refractivity contribution in [3.8, 4) is 23.0 Å². The van der Waals surface area contributed by atoms with Crippen LogP contribution in [0.2, 0.25) is 0 Å². The van der Waals surface area contributed by atoms with E-state index in [1.54, 1.807) is 31.7 Å². The number of hydrogen-bond acceptors (Lipinski definition) is 10. The third-order valence-electron chi connectivity index (χ3n) is 9.58. The van der Waals surface area contributed by atoms with E-state index in [0.717, 1.165) is 36.4 Å². The highest BCUT2D eigenvalue weighted by atomic mass is 19.1. The van der Waals surface area contributed by atoms with Gasteiger partial charge in [-0.25, -0.2) is 9.18 Å². The van der Waals surface area contributed by atoms with Gasteiger partial charge in [0.1, 0.15) is 46.8 Å². The number of nitrogens with zero attached hydrogens (tertiary/aromatic N) is 6. The number of benzene rings is 2. The third kappa shape index (κ3) is 5.58. The number of rotatable bonds is 6. The van der Waals surface area contributed by atoms with E-state index in [1.807, 2.05) is 36.2 Å². The molecular weight excluding hydrogens is 603 g/mol. The highest BCUT2D eigenvalue weighted by Gasteiger charge is 2.55. The molecule has 3 aliphatic rings. The summed E-state index contributed by atoms with van der Waals surface area (Å²) >= 11 is 0. The molecule has 3 aliphatic heterocycles. The minimum absolute atomic E-state index is 0.00873. The van der Waals surface area contributed by atoms with Crippen LogP contribution in [-0.4, -0.2) is 98.8 Å². The summed E-state index contributed by atoms with van der Waals surface area (Å²) in [5.41, 5.74) is -1.37. The van der Waals surface area contributed by atoms with Crippen molar-refractivity contribution in [3.05, 3.63) is 48.4 Å². The smallest absolute Gasteiger partial charge is 0.411 e. The van der Waals surface area contributed by atoms with E-state index in [4.69, 9.17) is 14.5 Å². The molecule has 1 N–H and O–H groups in total. The number of aromatic nitrogens is 3. The molecule has 11 nitrogen and oxygen atoms in total. The first-order valence-electron chi connectivity index (χ1n) is 16.1. The second-order valence-corrected chi connectivity index (χ2v) is 14.0. The molecule has 5 heterocycles. The normalized spacial score (nSPS) is 23.1. The summed E-state index contributed by atoms with van der Waals surface area (Å²) in [4.78, 5) is 45.7. The number of fused-ring (bicyclic) bond motifs is 4. The number of ether oxygens (including phenoxy) is 2. The Kier molecular flexibility index (Phi) is 7.65. The second-order valence-electron chi connectivity index (χ2n) is 14.0. The van der Waals surface area contributed by atoms with Crippen molar-refractivity contribution in [1.82, 2.24) is 24.8 Å². The Labute approximate surface area is 272 Å². The van der Waals surface area contributed by atoms with Crippen molar-refractivity contribution in [2.24, 2.45) is 0 Å². The van der Waals surface area contributed by atoms with E-state index < -0.39 is 23.1 Å². The predicted octanol–water partition coefficient (Wildman–Crippen LogP) is 5.32. The fourth-order valence-electron chi connectivity index (χ4n) is 7.33. The Bertz CT molecular complexity index is 1880. The summed E-state index contributed by atoms with van der Waals surface area (Å²) in [6.07, 6.45) is 4.94. The molecule has 1 amide bonds. The Morgan fingerprint density at radius 3 is 2.72 bits per heavy atom. The van der Waals surface area contributed by atoms with Gasteiger partial charge in [-0.15, -0.1) is 0 Å². The van der Waals surface area contributed by atoms with E-state index >= 15 is 4.39 Å². The van der Waals surface area contributed by atoms with Gasteiger partial charge < -0.3 is 29.2 Å². The van der Waals surface area contributed by atoms with Gasteiger partial charge in [-0.1, -0.05) is 24.3 Å². The number of aromatic hydroxyl groups is 1. The van der Waals surface area contributed by atoms with Crippen LogP contribution in [0.4, 0.5) is 15.0 Å². The molecule has 3 fully saturated rings. The number of anilines is 1. The average Bonchev–Trinajstić information content (AvgIpc) is 3.55. The summed E-state index contributed by atoms with van der Waals surface area (Å²) < 4.78 is 28.6. The number of likely N-dealkylation sites (N-methyl/N-ethyl adjacent to an activating group) is 1. The number of carbonyl (C=O) groups is 2. The molecule has 246 valence electrons. The van der Waals surface area contributed by atoms with Crippen LogP contribution in [0.15, 0.2) is 42.6 Å². The van der Waals surface area contributed by atoms with Crippen LogP contribution in [0.5, 0.6) is 11.8 Å². The maximum absolute atomic E-state index is 16.7. The van der Waals surface area contributed by atoms with Crippen molar-refractivity contribution < 1.29 is 28.6 Å². The van der Waals surface area contributed by atoms with E-state index in [-0.39, 0.29) is 41.6 Å². The fraction of sp³-hybridized carbons (Fsp3) is 0.457.